The highest BCUT2D eigenvalue weighted by molar-refractivity contribution is 7.99. The number of piperidine rings is 1. The molecule has 1 fully saturated rings. The Morgan fingerprint density at radius 2 is 1.83 bits per heavy atom. The predicted octanol–water partition coefficient (Wildman–Crippen LogP) is 5.49. The van der Waals surface area contributed by atoms with Gasteiger partial charge in [0.1, 0.15) is 5.75 Å². The third-order valence-electron chi connectivity index (χ3n) is 6.61. The van der Waals surface area contributed by atoms with E-state index in [4.69, 9.17) is 4.74 Å². The number of amides is 1. The molecule has 0 unspecified atom stereocenters. The lowest BCUT2D eigenvalue weighted by molar-refractivity contribution is 0.126. The minimum atomic E-state index is -0.234. The summed E-state index contributed by atoms with van der Waals surface area (Å²) in [5.74, 6) is 2.24. The quantitative estimate of drug-likeness (QED) is 0.351. The smallest absolute Gasteiger partial charge is 0.410 e. The van der Waals surface area contributed by atoms with Crippen LogP contribution in [0.15, 0.2) is 72.1 Å². The maximum absolute atomic E-state index is 12.6. The molecule has 7 heteroatoms. The predicted molar refractivity (Wildman–Crippen MR) is 142 cm³/mol. The van der Waals surface area contributed by atoms with Crippen molar-refractivity contribution in [2.45, 2.75) is 37.4 Å². The number of hydrogen-bond donors (Lipinski definition) is 0. The zero-order valence-corrected chi connectivity index (χ0v) is 21.6. The van der Waals surface area contributed by atoms with E-state index in [1.807, 2.05) is 53.2 Å². The average Bonchev–Trinajstić information content (AvgIpc) is 3.29. The van der Waals surface area contributed by atoms with Crippen molar-refractivity contribution in [1.82, 2.24) is 19.4 Å². The third kappa shape index (κ3) is 7.87. The van der Waals surface area contributed by atoms with Crippen molar-refractivity contribution in [2.24, 2.45) is 13.0 Å². The molecule has 1 aromatic heterocycles. The summed E-state index contributed by atoms with van der Waals surface area (Å²) in [6.07, 6.45) is 7.75. The standard InChI is InChI=1S/C28H36N4O2S/c1-30(22-25-6-4-3-5-7-25)17-12-24-13-18-32(19-14-24)28(33)34-26-10-8-23(9-11-26)15-21-35-27-29-16-20-31(27)2/h3-11,16,20,24H,12-15,17-19,21-22H2,1-2H3. The molecule has 0 atom stereocenters. The van der Waals surface area contributed by atoms with Crippen molar-refractivity contribution >= 4 is 17.9 Å². The Labute approximate surface area is 213 Å². The number of benzene rings is 2. The SMILES string of the molecule is CN(CCC1CCN(C(=O)Oc2ccc(CCSc3nccn3C)cc2)CC1)Cc1ccccc1. The maximum Gasteiger partial charge on any atom is 0.415 e. The zero-order chi connectivity index (χ0) is 24.5. The second kappa shape index (κ2) is 12.8. The van der Waals surface area contributed by atoms with E-state index in [9.17, 15) is 4.79 Å². The van der Waals surface area contributed by atoms with Crippen molar-refractivity contribution < 1.29 is 9.53 Å². The molecule has 6 nitrogen and oxygen atoms in total. The highest BCUT2D eigenvalue weighted by atomic mass is 32.2. The lowest BCUT2D eigenvalue weighted by Crippen LogP contribution is -2.40. The van der Waals surface area contributed by atoms with Crippen LogP contribution < -0.4 is 4.74 Å². The van der Waals surface area contributed by atoms with Crippen LogP contribution in [0.1, 0.15) is 30.4 Å². The Balaban J connectivity index is 1.13. The second-order valence-electron chi connectivity index (χ2n) is 9.37. The molecule has 0 radical (unpaired) electrons. The van der Waals surface area contributed by atoms with E-state index in [2.05, 4.69) is 47.3 Å². The van der Waals surface area contributed by atoms with E-state index in [0.717, 1.165) is 56.4 Å². The van der Waals surface area contributed by atoms with Crippen LogP contribution in [-0.4, -0.2) is 57.9 Å². The molecular formula is C28H36N4O2S. The molecule has 0 aliphatic carbocycles. The van der Waals surface area contributed by atoms with Crippen LogP contribution in [0.5, 0.6) is 5.75 Å². The minimum Gasteiger partial charge on any atom is -0.410 e. The summed E-state index contributed by atoms with van der Waals surface area (Å²) >= 11 is 1.74. The summed E-state index contributed by atoms with van der Waals surface area (Å²) in [6.45, 7) is 3.60. The Hall–Kier alpha value is -2.77. The van der Waals surface area contributed by atoms with Gasteiger partial charge in [0.15, 0.2) is 5.16 Å². The summed E-state index contributed by atoms with van der Waals surface area (Å²) in [5.41, 5.74) is 2.58. The maximum atomic E-state index is 12.6. The molecule has 0 saturated carbocycles. The van der Waals surface area contributed by atoms with Gasteiger partial charge in [-0.3, -0.25) is 0 Å². The Morgan fingerprint density at radius 1 is 1.09 bits per heavy atom. The molecule has 35 heavy (non-hydrogen) atoms. The van der Waals surface area contributed by atoms with Crippen molar-refractivity contribution in [3.63, 3.8) is 0 Å². The fourth-order valence-electron chi connectivity index (χ4n) is 4.42. The van der Waals surface area contributed by atoms with E-state index in [1.165, 1.54) is 17.5 Å². The molecule has 0 bridgehead atoms. The van der Waals surface area contributed by atoms with Gasteiger partial charge in [-0.15, -0.1) is 0 Å². The van der Waals surface area contributed by atoms with Gasteiger partial charge in [0.25, 0.3) is 0 Å². The van der Waals surface area contributed by atoms with Crippen molar-refractivity contribution in [1.29, 1.82) is 0 Å². The molecule has 1 aliphatic rings. The van der Waals surface area contributed by atoms with Gasteiger partial charge in [-0.05, 0) is 68.5 Å². The van der Waals surface area contributed by atoms with E-state index in [-0.39, 0.29) is 6.09 Å². The van der Waals surface area contributed by atoms with Crippen molar-refractivity contribution in [3.8, 4) is 5.75 Å². The summed E-state index contributed by atoms with van der Waals surface area (Å²) in [6, 6.07) is 18.5. The fraction of sp³-hybridized carbons (Fsp3) is 0.429. The first-order valence-corrected chi connectivity index (χ1v) is 13.4. The van der Waals surface area contributed by atoms with Gasteiger partial charge in [-0.2, -0.15) is 0 Å². The Bertz CT molecular complexity index is 1050. The Kier molecular flexibility index (Phi) is 9.26. The molecular weight excluding hydrogens is 456 g/mol. The van der Waals surface area contributed by atoms with Gasteiger partial charge in [0.2, 0.25) is 0 Å². The fourth-order valence-corrected chi connectivity index (χ4v) is 5.34. The molecule has 2 heterocycles. The number of aromatic nitrogens is 2. The molecule has 1 saturated heterocycles. The highest BCUT2D eigenvalue weighted by Gasteiger charge is 2.24. The molecule has 1 amide bonds. The first kappa shape index (κ1) is 25.3. The summed E-state index contributed by atoms with van der Waals surface area (Å²) < 4.78 is 7.68. The first-order valence-electron chi connectivity index (χ1n) is 12.4. The summed E-state index contributed by atoms with van der Waals surface area (Å²) in [7, 11) is 4.19. The molecule has 3 aromatic rings. The van der Waals surface area contributed by atoms with Crippen LogP contribution in [0.3, 0.4) is 0 Å². The lowest BCUT2D eigenvalue weighted by Gasteiger charge is -2.32. The molecule has 0 spiro atoms. The number of carbonyl (C=O) groups is 1. The van der Waals surface area contributed by atoms with Gasteiger partial charge in [0, 0.05) is 44.8 Å². The van der Waals surface area contributed by atoms with Gasteiger partial charge in [0.05, 0.1) is 0 Å². The van der Waals surface area contributed by atoms with Gasteiger partial charge < -0.3 is 19.1 Å². The van der Waals surface area contributed by atoms with Crippen LogP contribution in [0.2, 0.25) is 0 Å². The largest absolute Gasteiger partial charge is 0.415 e. The van der Waals surface area contributed by atoms with Crippen LogP contribution >= 0.6 is 11.8 Å². The number of nitrogens with zero attached hydrogens (tertiary/aromatic N) is 4. The Morgan fingerprint density at radius 3 is 2.51 bits per heavy atom. The normalized spacial score (nSPS) is 14.4. The third-order valence-corrected chi connectivity index (χ3v) is 7.67. The molecule has 2 aromatic carbocycles. The van der Waals surface area contributed by atoms with E-state index >= 15 is 0 Å². The number of likely N-dealkylation sites (tertiary alicyclic amines) is 1. The molecule has 4 rings (SSSR count). The van der Waals surface area contributed by atoms with E-state index in [1.54, 1.807) is 11.8 Å². The van der Waals surface area contributed by atoms with Crippen LogP contribution in [0.25, 0.3) is 0 Å². The van der Waals surface area contributed by atoms with Crippen molar-refractivity contribution in [3.05, 3.63) is 78.1 Å². The number of carbonyl (C=O) groups excluding carboxylic acids is 1. The summed E-state index contributed by atoms with van der Waals surface area (Å²) in [5, 5.41) is 1.03. The highest BCUT2D eigenvalue weighted by Crippen LogP contribution is 2.23. The van der Waals surface area contributed by atoms with Gasteiger partial charge >= 0.3 is 6.09 Å². The average molecular weight is 493 g/mol. The zero-order valence-electron chi connectivity index (χ0n) is 20.8. The van der Waals surface area contributed by atoms with E-state index in [0.29, 0.717) is 11.7 Å². The second-order valence-corrected chi connectivity index (χ2v) is 10.4. The number of hydrogen-bond acceptors (Lipinski definition) is 5. The topological polar surface area (TPSA) is 50.6 Å². The molecule has 0 N–H and O–H groups in total. The van der Waals surface area contributed by atoms with Crippen molar-refractivity contribution in [2.75, 3.05) is 32.4 Å². The monoisotopic (exact) mass is 492 g/mol. The number of ether oxygens (including phenoxy) is 1. The first-order chi connectivity index (χ1) is 17.1. The minimum absolute atomic E-state index is 0.234. The molecule has 1 aliphatic heterocycles. The van der Waals surface area contributed by atoms with Crippen LogP contribution in [0.4, 0.5) is 4.79 Å². The number of rotatable bonds is 10. The number of imidazole rings is 1. The van der Waals surface area contributed by atoms with E-state index < -0.39 is 0 Å². The molecule has 186 valence electrons. The van der Waals surface area contributed by atoms with Gasteiger partial charge in [-0.1, -0.05) is 54.2 Å². The van der Waals surface area contributed by atoms with Crippen LogP contribution in [0, 0.1) is 5.92 Å². The lowest BCUT2D eigenvalue weighted by atomic mass is 9.93. The summed E-state index contributed by atoms with van der Waals surface area (Å²) in [4.78, 5) is 21.2. The van der Waals surface area contributed by atoms with Crippen LogP contribution in [-0.2, 0) is 20.0 Å². The number of thioether (sulfide) groups is 1. The number of aryl methyl sites for hydroxylation is 2. The van der Waals surface area contributed by atoms with Gasteiger partial charge in [-0.25, -0.2) is 9.78 Å².